The third-order valence-corrected chi connectivity index (χ3v) is 1.19. The number of aromatic nitrogens is 2. The number of hydrogen-bond acceptors (Lipinski definition) is 5. The number of carbonyl (C=O) groups is 1. The zero-order chi connectivity index (χ0) is 9.84. The lowest BCUT2D eigenvalue weighted by molar-refractivity contribution is 0.142. The number of hydrogen-bond donors (Lipinski definition) is 1. The van der Waals surface area contributed by atoms with E-state index in [0.717, 1.165) is 0 Å². The van der Waals surface area contributed by atoms with E-state index in [2.05, 4.69) is 14.7 Å². The lowest BCUT2D eigenvalue weighted by Gasteiger charge is -2.02. The van der Waals surface area contributed by atoms with Crippen molar-refractivity contribution in [2.75, 3.05) is 7.11 Å². The van der Waals surface area contributed by atoms with Crippen LogP contribution in [0.1, 0.15) is 5.82 Å². The smallest absolute Gasteiger partial charge is 0.481 e. The van der Waals surface area contributed by atoms with Crippen molar-refractivity contribution in [3.05, 3.63) is 11.9 Å². The summed E-state index contributed by atoms with van der Waals surface area (Å²) < 4.78 is 9.12. The summed E-state index contributed by atoms with van der Waals surface area (Å²) in [7, 11) is 1.42. The fraction of sp³-hybridized carbons (Fsp3) is 0.286. The van der Waals surface area contributed by atoms with Crippen LogP contribution in [0.2, 0.25) is 0 Å². The van der Waals surface area contributed by atoms with Crippen LogP contribution in [0.4, 0.5) is 4.79 Å². The molecule has 0 aliphatic heterocycles. The van der Waals surface area contributed by atoms with Crippen LogP contribution < -0.4 is 9.47 Å². The fourth-order valence-corrected chi connectivity index (χ4v) is 0.760. The maximum absolute atomic E-state index is 10.2. The normalized spacial score (nSPS) is 9.38. The van der Waals surface area contributed by atoms with Crippen molar-refractivity contribution in [2.24, 2.45) is 0 Å². The van der Waals surface area contributed by atoms with Crippen molar-refractivity contribution in [3.63, 3.8) is 0 Å². The van der Waals surface area contributed by atoms with Crippen LogP contribution in [0.3, 0.4) is 0 Å². The Morgan fingerprint density at radius 2 is 2.08 bits per heavy atom. The Morgan fingerprint density at radius 1 is 1.46 bits per heavy atom. The molecule has 13 heavy (non-hydrogen) atoms. The molecule has 0 bridgehead atoms. The van der Waals surface area contributed by atoms with Crippen LogP contribution in [0.15, 0.2) is 6.07 Å². The van der Waals surface area contributed by atoms with Gasteiger partial charge in [0, 0.05) is 0 Å². The Balaban J connectivity index is 2.94. The van der Waals surface area contributed by atoms with Crippen molar-refractivity contribution in [1.29, 1.82) is 0 Å². The fourth-order valence-electron chi connectivity index (χ4n) is 0.760. The Hall–Kier alpha value is -1.85. The van der Waals surface area contributed by atoms with Crippen LogP contribution in [0.25, 0.3) is 0 Å². The monoisotopic (exact) mass is 184 g/mol. The van der Waals surface area contributed by atoms with Crippen molar-refractivity contribution < 1.29 is 19.4 Å². The second-order valence-corrected chi connectivity index (χ2v) is 2.16. The van der Waals surface area contributed by atoms with Gasteiger partial charge in [0.15, 0.2) is 0 Å². The van der Waals surface area contributed by atoms with E-state index in [9.17, 15) is 4.79 Å². The summed E-state index contributed by atoms with van der Waals surface area (Å²) in [6.07, 6.45) is -1.42. The van der Waals surface area contributed by atoms with Gasteiger partial charge in [-0.25, -0.2) is 4.79 Å². The molecule has 0 spiro atoms. The van der Waals surface area contributed by atoms with Crippen molar-refractivity contribution in [1.82, 2.24) is 9.97 Å². The van der Waals surface area contributed by atoms with Gasteiger partial charge in [0.25, 0.3) is 0 Å². The summed E-state index contributed by atoms with van der Waals surface area (Å²) in [5.74, 6) is 0.608. The molecular weight excluding hydrogens is 176 g/mol. The molecule has 1 N–H and O–H groups in total. The largest absolute Gasteiger partial charge is 0.512 e. The Morgan fingerprint density at radius 3 is 2.62 bits per heavy atom. The summed E-state index contributed by atoms with van der Waals surface area (Å²) >= 11 is 0. The Kier molecular flexibility index (Phi) is 2.63. The second kappa shape index (κ2) is 3.70. The summed E-state index contributed by atoms with van der Waals surface area (Å²) in [5, 5.41) is 8.30. The van der Waals surface area contributed by atoms with Gasteiger partial charge in [0.1, 0.15) is 5.82 Å². The van der Waals surface area contributed by atoms with Crippen LogP contribution in [-0.2, 0) is 0 Å². The highest BCUT2D eigenvalue weighted by Gasteiger charge is 2.06. The average Bonchev–Trinajstić information content (AvgIpc) is 2.01. The minimum Gasteiger partial charge on any atom is -0.481 e. The molecule has 0 radical (unpaired) electrons. The number of methoxy groups -OCH3 is 1. The first-order chi connectivity index (χ1) is 6.11. The molecule has 0 atom stereocenters. The predicted octanol–water partition coefficient (Wildman–Crippen LogP) is 0.850. The molecule has 70 valence electrons. The van der Waals surface area contributed by atoms with Crippen molar-refractivity contribution in [3.8, 4) is 11.8 Å². The molecule has 6 heteroatoms. The summed E-state index contributed by atoms with van der Waals surface area (Å²) in [5.41, 5.74) is 0. The van der Waals surface area contributed by atoms with Gasteiger partial charge in [-0.2, -0.15) is 9.97 Å². The molecule has 1 heterocycles. The maximum Gasteiger partial charge on any atom is 0.512 e. The van der Waals surface area contributed by atoms with E-state index in [-0.39, 0.29) is 11.8 Å². The van der Waals surface area contributed by atoms with Crippen LogP contribution in [0.5, 0.6) is 11.8 Å². The van der Waals surface area contributed by atoms with E-state index in [1.165, 1.54) is 13.2 Å². The number of nitrogens with zero attached hydrogens (tertiary/aromatic N) is 2. The molecule has 0 aliphatic rings. The molecule has 0 saturated heterocycles. The molecule has 0 saturated carbocycles. The van der Waals surface area contributed by atoms with Crippen LogP contribution in [0, 0.1) is 6.92 Å². The van der Waals surface area contributed by atoms with Gasteiger partial charge in [-0.05, 0) is 6.92 Å². The highest BCUT2D eigenvalue weighted by Crippen LogP contribution is 2.14. The zero-order valence-corrected chi connectivity index (χ0v) is 7.14. The molecule has 0 aliphatic carbocycles. The first-order valence-electron chi connectivity index (χ1n) is 3.42. The SMILES string of the molecule is COc1cc(OC(=O)O)nc(C)n1. The molecular formula is C7H8N2O4. The van der Waals surface area contributed by atoms with Crippen LogP contribution >= 0.6 is 0 Å². The van der Waals surface area contributed by atoms with Gasteiger partial charge >= 0.3 is 6.16 Å². The second-order valence-electron chi connectivity index (χ2n) is 2.16. The van der Waals surface area contributed by atoms with E-state index in [4.69, 9.17) is 9.84 Å². The topological polar surface area (TPSA) is 81.5 Å². The molecule has 0 fully saturated rings. The van der Waals surface area contributed by atoms with Gasteiger partial charge in [0.2, 0.25) is 11.8 Å². The van der Waals surface area contributed by atoms with Crippen molar-refractivity contribution in [2.45, 2.75) is 6.92 Å². The lowest BCUT2D eigenvalue weighted by Crippen LogP contribution is -2.06. The quantitative estimate of drug-likeness (QED) is 0.686. The van der Waals surface area contributed by atoms with Gasteiger partial charge < -0.3 is 14.6 Å². The third kappa shape index (κ3) is 2.58. The predicted molar refractivity (Wildman–Crippen MR) is 42.0 cm³/mol. The summed E-state index contributed by atoms with van der Waals surface area (Å²) in [4.78, 5) is 17.7. The molecule has 1 aromatic rings. The molecule has 0 unspecified atom stereocenters. The van der Waals surface area contributed by atoms with E-state index in [1.54, 1.807) is 6.92 Å². The molecule has 1 rings (SSSR count). The third-order valence-electron chi connectivity index (χ3n) is 1.19. The Bertz CT molecular complexity index is 326. The maximum atomic E-state index is 10.2. The Labute approximate surface area is 74.1 Å². The minimum atomic E-state index is -1.42. The van der Waals surface area contributed by atoms with E-state index >= 15 is 0 Å². The molecule has 6 nitrogen and oxygen atoms in total. The molecule has 1 aromatic heterocycles. The van der Waals surface area contributed by atoms with Gasteiger partial charge in [-0.15, -0.1) is 0 Å². The van der Waals surface area contributed by atoms with Crippen LogP contribution in [-0.4, -0.2) is 28.3 Å². The van der Waals surface area contributed by atoms with Gasteiger partial charge in [-0.1, -0.05) is 0 Å². The van der Waals surface area contributed by atoms with E-state index in [1.807, 2.05) is 0 Å². The number of rotatable bonds is 2. The lowest BCUT2D eigenvalue weighted by atomic mass is 10.5. The van der Waals surface area contributed by atoms with Gasteiger partial charge in [0.05, 0.1) is 13.2 Å². The first kappa shape index (κ1) is 9.24. The summed E-state index contributed by atoms with van der Waals surface area (Å²) in [6, 6.07) is 1.29. The molecule has 0 aromatic carbocycles. The first-order valence-corrected chi connectivity index (χ1v) is 3.42. The highest BCUT2D eigenvalue weighted by atomic mass is 16.7. The van der Waals surface area contributed by atoms with Crippen molar-refractivity contribution >= 4 is 6.16 Å². The number of ether oxygens (including phenoxy) is 2. The minimum absolute atomic E-state index is 0.0446. The van der Waals surface area contributed by atoms with E-state index < -0.39 is 6.16 Å². The number of carboxylic acid groups (broad SMARTS) is 1. The van der Waals surface area contributed by atoms with Gasteiger partial charge in [-0.3, -0.25) is 0 Å². The zero-order valence-electron chi connectivity index (χ0n) is 7.14. The highest BCUT2D eigenvalue weighted by molar-refractivity contribution is 5.60. The number of aryl methyl sites for hydroxylation is 1. The average molecular weight is 184 g/mol. The van der Waals surface area contributed by atoms with E-state index in [0.29, 0.717) is 5.82 Å². The summed E-state index contributed by atoms with van der Waals surface area (Å²) in [6.45, 7) is 1.61. The molecule has 0 amide bonds. The standard InChI is InChI=1S/C7H8N2O4/c1-4-8-5(12-2)3-6(9-4)13-7(10)11/h3H,1-2H3,(H,10,11).